The number of likely N-dealkylation sites (tertiary alicyclic amines) is 1. The average Bonchev–Trinajstić information content (AvgIpc) is 2.66. The van der Waals surface area contributed by atoms with Crippen LogP contribution in [-0.4, -0.2) is 52.9 Å². The van der Waals surface area contributed by atoms with E-state index in [0.29, 0.717) is 41.5 Å². The van der Waals surface area contributed by atoms with Crippen molar-refractivity contribution >= 4 is 5.97 Å². The molecule has 0 aliphatic carbocycles. The molecule has 1 saturated heterocycles. The zero-order valence-corrected chi connectivity index (χ0v) is 17.6. The van der Waals surface area contributed by atoms with Gasteiger partial charge in [0.05, 0.1) is 6.61 Å². The Morgan fingerprint density at radius 2 is 2.00 bits per heavy atom. The Labute approximate surface area is 175 Å². The van der Waals surface area contributed by atoms with Crippen LogP contribution in [-0.2, 0) is 0 Å². The molecule has 1 N–H and O–H groups in total. The van der Waals surface area contributed by atoms with E-state index in [1.165, 1.54) is 12.3 Å². The fourth-order valence-corrected chi connectivity index (χ4v) is 3.82. The van der Waals surface area contributed by atoms with Crippen LogP contribution in [0.4, 0.5) is 8.78 Å². The van der Waals surface area contributed by atoms with Crippen molar-refractivity contribution in [3.8, 4) is 16.9 Å². The molecule has 0 spiro atoms. The SMILES string of the molecule is Cc1cc(-c2ccc(OCC3CCN(CC(C)(C)F)CC3)cc2F)cnc1C(=O)O. The lowest BCUT2D eigenvalue weighted by atomic mass is 9.97. The molecule has 30 heavy (non-hydrogen) atoms. The first-order valence-electron chi connectivity index (χ1n) is 10.2. The number of carbonyl (C=O) groups is 1. The lowest BCUT2D eigenvalue weighted by Crippen LogP contribution is -2.41. The Morgan fingerprint density at radius 3 is 2.57 bits per heavy atom. The maximum absolute atomic E-state index is 14.6. The summed E-state index contributed by atoms with van der Waals surface area (Å²) in [6, 6.07) is 6.28. The smallest absolute Gasteiger partial charge is 0.354 e. The van der Waals surface area contributed by atoms with Crippen LogP contribution in [0.2, 0.25) is 0 Å². The van der Waals surface area contributed by atoms with Gasteiger partial charge in [-0.05, 0) is 76.4 Å². The number of aryl methyl sites for hydroxylation is 1. The second-order valence-electron chi connectivity index (χ2n) is 8.59. The van der Waals surface area contributed by atoms with Gasteiger partial charge in [0.2, 0.25) is 0 Å². The molecule has 1 aromatic heterocycles. The molecule has 1 aliphatic rings. The standard InChI is InChI=1S/C23H28F2N2O3/c1-15-10-17(12-26-21(15)22(28)29)19-5-4-18(11-20(19)24)30-13-16-6-8-27(9-7-16)14-23(2,3)25/h4-5,10-12,16H,6-9,13-14H2,1-3H3,(H,28,29). The highest BCUT2D eigenvalue weighted by atomic mass is 19.1. The van der Waals surface area contributed by atoms with Crippen molar-refractivity contribution in [1.82, 2.24) is 9.88 Å². The highest BCUT2D eigenvalue weighted by Crippen LogP contribution is 2.28. The Balaban J connectivity index is 1.58. The van der Waals surface area contributed by atoms with Crippen LogP contribution in [0, 0.1) is 18.7 Å². The minimum Gasteiger partial charge on any atom is -0.493 e. The number of carboxylic acid groups (broad SMARTS) is 1. The zero-order chi connectivity index (χ0) is 21.9. The molecule has 2 aromatic rings. The summed E-state index contributed by atoms with van der Waals surface area (Å²) >= 11 is 0. The van der Waals surface area contributed by atoms with Gasteiger partial charge >= 0.3 is 5.97 Å². The molecule has 5 nitrogen and oxygen atoms in total. The number of aromatic carboxylic acids is 1. The van der Waals surface area contributed by atoms with Gasteiger partial charge in [-0.1, -0.05) is 0 Å². The molecule has 162 valence electrons. The Morgan fingerprint density at radius 1 is 1.30 bits per heavy atom. The lowest BCUT2D eigenvalue weighted by molar-refractivity contribution is 0.0689. The minimum absolute atomic E-state index is 0.0414. The normalized spacial score (nSPS) is 15.9. The van der Waals surface area contributed by atoms with Crippen LogP contribution in [0.15, 0.2) is 30.5 Å². The van der Waals surface area contributed by atoms with Gasteiger partial charge in [0, 0.05) is 29.9 Å². The molecule has 0 amide bonds. The summed E-state index contributed by atoms with van der Waals surface area (Å²) in [6.07, 6.45) is 3.22. The van der Waals surface area contributed by atoms with Crippen LogP contribution >= 0.6 is 0 Å². The van der Waals surface area contributed by atoms with Crippen LogP contribution in [0.3, 0.4) is 0 Å². The molecule has 0 saturated carbocycles. The van der Waals surface area contributed by atoms with Crippen molar-refractivity contribution in [3.05, 3.63) is 47.5 Å². The first-order chi connectivity index (χ1) is 14.1. The van der Waals surface area contributed by atoms with E-state index in [9.17, 15) is 13.6 Å². The van der Waals surface area contributed by atoms with Crippen LogP contribution in [0.5, 0.6) is 5.75 Å². The molecule has 0 atom stereocenters. The number of aromatic nitrogens is 1. The number of carboxylic acids is 1. The highest BCUT2D eigenvalue weighted by Gasteiger charge is 2.25. The third-order valence-electron chi connectivity index (χ3n) is 5.32. The molecule has 2 heterocycles. The van der Waals surface area contributed by atoms with Crippen molar-refractivity contribution in [2.45, 2.75) is 39.3 Å². The van der Waals surface area contributed by atoms with Gasteiger partial charge in [0.15, 0.2) is 5.69 Å². The molecule has 7 heteroatoms. The van der Waals surface area contributed by atoms with E-state index in [-0.39, 0.29) is 5.69 Å². The number of hydrogen-bond acceptors (Lipinski definition) is 4. The van der Waals surface area contributed by atoms with Gasteiger partial charge in [-0.15, -0.1) is 0 Å². The highest BCUT2D eigenvalue weighted by molar-refractivity contribution is 5.87. The fourth-order valence-electron chi connectivity index (χ4n) is 3.82. The monoisotopic (exact) mass is 418 g/mol. The molecule has 0 unspecified atom stereocenters. The van der Waals surface area contributed by atoms with Crippen LogP contribution < -0.4 is 4.74 Å². The van der Waals surface area contributed by atoms with Crippen molar-refractivity contribution in [2.75, 3.05) is 26.2 Å². The fraction of sp³-hybridized carbons (Fsp3) is 0.478. The van der Waals surface area contributed by atoms with E-state index >= 15 is 0 Å². The molecular weight excluding hydrogens is 390 g/mol. The predicted molar refractivity (Wildman–Crippen MR) is 111 cm³/mol. The van der Waals surface area contributed by atoms with E-state index in [2.05, 4.69) is 9.88 Å². The number of nitrogens with zero attached hydrogens (tertiary/aromatic N) is 2. The lowest BCUT2D eigenvalue weighted by Gasteiger charge is -2.34. The number of pyridine rings is 1. The second-order valence-corrected chi connectivity index (χ2v) is 8.59. The molecule has 1 aromatic carbocycles. The Hall–Kier alpha value is -2.54. The van der Waals surface area contributed by atoms with Crippen molar-refractivity contribution < 1.29 is 23.4 Å². The van der Waals surface area contributed by atoms with Crippen LogP contribution in [0.1, 0.15) is 42.7 Å². The van der Waals surface area contributed by atoms with E-state index in [4.69, 9.17) is 9.84 Å². The molecular formula is C23H28F2N2O3. The molecule has 3 rings (SSSR count). The zero-order valence-electron chi connectivity index (χ0n) is 17.6. The number of ether oxygens (including phenoxy) is 1. The van der Waals surface area contributed by atoms with E-state index in [1.54, 1.807) is 39.0 Å². The number of halogens is 2. The first-order valence-corrected chi connectivity index (χ1v) is 10.2. The summed E-state index contributed by atoms with van der Waals surface area (Å²) in [4.78, 5) is 17.1. The molecule has 1 fully saturated rings. The molecule has 0 bridgehead atoms. The van der Waals surface area contributed by atoms with Gasteiger partial charge in [0.1, 0.15) is 17.2 Å². The van der Waals surface area contributed by atoms with E-state index in [1.807, 2.05) is 0 Å². The van der Waals surface area contributed by atoms with Gasteiger partial charge in [-0.25, -0.2) is 18.6 Å². The minimum atomic E-state index is -1.19. The Bertz CT molecular complexity index is 904. The van der Waals surface area contributed by atoms with Crippen molar-refractivity contribution in [2.24, 2.45) is 5.92 Å². The quantitative estimate of drug-likeness (QED) is 0.704. The summed E-state index contributed by atoms with van der Waals surface area (Å²) in [5.74, 6) is -0.739. The largest absolute Gasteiger partial charge is 0.493 e. The maximum Gasteiger partial charge on any atom is 0.354 e. The molecule has 0 radical (unpaired) electrons. The summed E-state index contributed by atoms with van der Waals surface area (Å²) in [6.45, 7) is 7.45. The predicted octanol–water partition coefficient (Wildman–Crippen LogP) is 4.73. The van der Waals surface area contributed by atoms with Crippen LogP contribution in [0.25, 0.3) is 11.1 Å². The van der Waals surface area contributed by atoms with Gasteiger partial charge < -0.3 is 14.7 Å². The summed E-state index contributed by atoms with van der Waals surface area (Å²) in [5.41, 5.74) is 0.106. The second kappa shape index (κ2) is 9.08. The number of piperidine rings is 1. The van der Waals surface area contributed by atoms with E-state index < -0.39 is 17.5 Å². The summed E-state index contributed by atoms with van der Waals surface area (Å²) < 4.78 is 34.2. The average molecular weight is 418 g/mol. The van der Waals surface area contributed by atoms with E-state index in [0.717, 1.165) is 25.9 Å². The van der Waals surface area contributed by atoms with Gasteiger partial charge in [-0.2, -0.15) is 0 Å². The number of benzene rings is 1. The summed E-state index contributed by atoms with van der Waals surface area (Å²) in [7, 11) is 0. The molecule has 1 aliphatic heterocycles. The van der Waals surface area contributed by atoms with Gasteiger partial charge in [-0.3, -0.25) is 0 Å². The Kier molecular flexibility index (Phi) is 6.71. The maximum atomic E-state index is 14.6. The summed E-state index contributed by atoms with van der Waals surface area (Å²) in [5, 5.41) is 9.08. The number of hydrogen-bond donors (Lipinski definition) is 1. The van der Waals surface area contributed by atoms with Crippen molar-refractivity contribution in [1.29, 1.82) is 0 Å². The third kappa shape index (κ3) is 5.75. The third-order valence-corrected chi connectivity index (χ3v) is 5.32. The topological polar surface area (TPSA) is 62.7 Å². The van der Waals surface area contributed by atoms with Crippen molar-refractivity contribution in [3.63, 3.8) is 0 Å². The number of alkyl halides is 1. The van der Waals surface area contributed by atoms with Gasteiger partial charge in [0.25, 0.3) is 0 Å². The first kappa shape index (κ1) is 22.2. The number of rotatable bonds is 7.